The number of phenols is 1. The predicted molar refractivity (Wildman–Crippen MR) is 63.7 cm³/mol. The number of H-pyrrole nitrogens is 1. The van der Waals surface area contributed by atoms with Crippen LogP contribution in [0.1, 0.15) is 16.1 Å². The molecule has 6 nitrogen and oxygen atoms in total. The van der Waals surface area contributed by atoms with Crippen molar-refractivity contribution in [1.82, 2.24) is 10.2 Å². The van der Waals surface area contributed by atoms with Crippen LogP contribution in [0.3, 0.4) is 0 Å². The lowest BCUT2D eigenvalue weighted by atomic mass is 10.1. The summed E-state index contributed by atoms with van der Waals surface area (Å²) >= 11 is 0. The zero-order valence-corrected chi connectivity index (χ0v) is 10.1. The van der Waals surface area contributed by atoms with Gasteiger partial charge in [-0.05, 0) is 13.0 Å². The van der Waals surface area contributed by atoms with Crippen LogP contribution in [-0.2, 0) is 0 Å². The molecule has 0 saturated carbocycles. The highest BCUT2D eigenvalue weighted by atomic mass is 19.2. The van der Waals surface area contributed by atoms with E-state index in [1.54, 1.807) is 6.92 Å². The summed E-state index contributed by atoms with van der Waals surface area (Å²) in [7, 11) is 0. The van der Waals surface area contributed by atoms with E-state index in [4.69, 9.17) is 10.8 Å². The van der Waals surface area contributed by atoms with Crippen LogP contribution in [0.4, 0.5) is 24.7 Å². The highest BCUT2D eigenvalue weighted by Gasteiger charge is 2.23. The summed E-state index contributed by atoms with van der Waals surface area (Å²) in [4.78, 5) is 11.8. The first-order valence-electron chi connectivity index (χ1n) is 5.31. The number of aromatic hydroxyl groups is 1. The fourth-order valence-corrected chi connectivity index (χ4v) is 1.46. The van der Waals surface area contributed by atoms with E-state index in [1.807, 2.05) is 0 Å². The van der Waals surface area contributed by atoms with Gasteiger partial charge in [-0.2, -0.15) is 9.49 Å². The minimum Gasteiger partial charge on any atom is -0.503 e. The number of hydrogen-bond donors (Lipinski definition) is 4. The molecule has 0 spiro atoms. The van der Waals surface area contributed by atoms with Gasteiger partial charge in [0.1, 0.15) is 0 Å². The van der Waals surface area contributed by atoms with Crippen LogP contribution in [0, 0.1) is 24.4 Å². The third-order valence-corrected chi connectivity index (χ3v) is 2.60. The van der Waals surface area contributed by atoms with Crippen molar-refractivity contribution in [2.45, 2.75) is 6.92 Å². The molecule has 1 aromatic carbocycles. The van der Waals surface area contributed by atoms with E-state index in [-0.39, 0.29) is 11.5 Å². The van der Waals surface area contributed by atoms with E-state index >= 15 is 0 Å². The van der Waals surface area contributed by atoms with Crippen molar-refractivity contribution in [2.24, 2.45) is 0 Å². The first-order chi connectivity index (χ1) is 9.32. The van der Waals surface area contributed by atoms with Crippen LogP contribution in [0.5, 0.6) is 5.75 Å². The van der Waals surface area contributed by atoms with Crippen molar-refractivity contribution >= 4 is 17.4 Å². The van der Waals surface area contributed by atoms with Crippen LogP contribution in [0.25, 0.3) is 0 Å². The maximum absolute atomic E-state index is 13.5. The summed E-state index contributed by atoms with van der Waals surface area (Å²) in [6.07, 6.45) is 0. The number of carbonyl (C=O) groups excluding carboxylic acids is 1. The summed E-state index contributed by atoms with van der Waals surface area (Å²) in [5.41, 5.74) is 5.27. The number of benzene rings is 1. The number of anilines is 2. The van der Waals surface area contributed by atoms with Crippen molar-refractivity contribution < 1.29 is 23.1 Å². The van der Waals surface area contributed by atoms with Crippen molar-refractivity contribution in [3.63, 3.8) is 0 Å². The molecule has 1 aromatic heterocycles. The molecule has 1 amide bonds. The molecule has 0 unspecified atom stereocenters. The van der Waals surface area contributed by atoms with Gasteiger partial charge >= 0.3 is 0 Å². The fraction of sp³-hybridized carbons (Fsp3) is 0.0909. The number of nitrogens with zero attached hydrogens (tertiary/aromatic N) is 1. The molecule has 106 valence electrons. The molecule has 0 atom stereocenters. The number of nitrogens with one attached hydrogen (secondary N) is 2. The quantitative estimate of drug-likeness (QED) is 0.630. The highest BCUT2D eigenvalue weighted by Crippen LogP contribution is 2.27. The fourth-order valence-electron chi connectivity index (χ4n) is 1.46. The van der Waals surface area contributed by atoms with E-state index in [9.17, 15) is 18.0 Å². The molecule has 2 rings (SSSR count). The average molecular weight is 286 g/mol. The van der Waals surface area contributed by atoms with Gasteiger partial charge in [0, 0.05) is 0 Å². The molecule has 0 radical (unpaired) electrons. The van der Waals surface area contributed by atoms with Gasteiger partial charge in [-0.15, -0.1) is 0 Å². The number of amides is 1. The second-order valence-corrected chi connectivity index (χ2v) is 3.95. The number of nitrogens with two attached hydrogens (primary N) is 1. The summed E-state index contributed by atoms with van der Waals surface area (Å²) in [6.45, 7) is 1.59. The smallest absolute Gasteiger partial charge is 0.260 e. The molecule has 0 aliphatic heterocycles. The van der Waals surface area contributed by atoms with E-state index in [2.05, 4.69) is 15.5 Å². The van der Waals surface area contributed by atoms with Crippen molar-refractivity contribution in [3.05, 3.63) is 34.8 Å². The number of aromatic amines is 1. The van der Waals surface area contributed by atoms with E-state index in [0.29, 0.717) is 11.8 Å². The van der Waals surface area contributed by atoms with Crippen LogP contribution in [-0.4, -0.2) is 21.2 Å². The van der Waals surface area contributed by atoms with Gasteiger partial charge in [0.15, 0.2) is 23.2 Å². The first kappa shape index (κ1) is 13.7. The van der Waals surface area contributed by atoms with Gasteiger partial charge in [-0.3, -0.25) is 9.89 Å². The molecule has 0 fully saturated rings. The van der Waals surface area contributed by atoms with Crippen molar-refractivity contribution in [2.75, 3.05) is 11.1 Å². The molecule has 0 bridgehead atoms. The SMILES string of the molecule is Cc1[nH]nc(NC(=O)c2cc(F)c(F)c(O)c2F)c1N. The Kier molecular flexibility index (Phi) is 3.26. The average Bonchev–Trinajstić information content (AvgIpc) is 2.72. The number of hydrogen-bond acceptors (Lipinski definition) is 4. The number of nitrogen functional groups attached to an aromatic ring is 1. The summed E-state index contributed by atoms with van der Waals surface area (Å²) < 4.78 is 39.5. The van der Waals surface area contributed by atoms with Crippen LogP contribution < -0.4 is 11.1 Å². The molecule has 0 saturated heterocycles. The molecule has 2 aromatic rings. The van der Waals surface area contributed by atoms with Crippen LogP contribution in [0.15, 0.2) is 6.07 Å². The topological polar surface area (TPSA) is 104 Å². The number of carbonyl (C=O) groups is 1. The minimum atomic E-state index is -1.77. The number of aryl methyl sites for hydroxylation is 1. The second-order valence-electron chi connectivity index (χ2n) is 3.95. The number of aromatic nitrogens is 2. The lowest BCUT2D eigenvalue weighted by Gasteiger charge is -2.07. The number of phenolic OH excluding ortho intramolecular Hbond substituents is 1. The van der Waals surface area contributed by atoms with E-state index < -0.39 is 34.7 Å². The molecule has 20 heavy (non-hydrogen) atoms. The molecule has 9 heteroatoms. The van der Waals surface area contributed by atoms with Gasteiger partial charge in [-0.1, -0.05) is 0 Å². The molecule has 1 heterocycles. The van der Waals surface area contributed by atoms with E-state index in [1.165, 1.54) is 0 Å². The lowest BCUT2D eigenvalue weighted by Crippen LogP contribution is -2.16. The van der Waals surface area contributed by atoms with Crippen molar-refractivity contribution in [3.8, 4) is 5.75 Å². The number of halogens is 3. The second kappa shape index (κ2) is 4.76. The largest absolute Gasteiger partial charge is 0.503 e. The summed E-state index contributed by atoms with van der Waals surface area (Å²) in [5, 5.41) is 17.3. The van der Waals surface area contributed by atoms with Gasteiger partial charge in [0.05, 0.1) is 16.9 Å². The summed E-state index contributed by atoms with van der Waals surface area (Å²) in [6, 6.07) is 0.329. The Bertz CT molecular complexity index is 699. The Balaban J connectivity index is 2.37. The summed E-state index contributed by atoms with van der Waals surface area (Å²) in [5.74, 6) is -7.69. The van der Waals surface area contributed by atoms with Crippen LogP contribution in [0.2, 0.25) is 0 Å². The Morgan fingerprint density at radius 1 is 1.40 bits per heavy atom. The maximum Gasteiger partial charge on any atom is 0.260 e. The highest BCUT2D eigenvalue weighted by molar-refractivity contribution is 6.05. The van der Waals surface area contributed by atoms with Crippen LogP contribution >= 0.6 is 0 Å². The first-order valence-corrected chi connectivity index (χ1v) is 5.31. The Labute approximate surface area is 110 Å². The van der Waals surface area contributed by atoms with Gasteiger partial charge in [0.25, 0.3) is 5.91 Å². The molecule has 0 aliphatic carbocycles. The predicted octanol–water partition coefficient (Wildman–Crippen LogP) is 1.68. The molecular formula is C11H9F3N4O2. The van der Waals surface area contributed by atoms with Gasteiger partial charge in [-0.25, -0.2) is 8.78 Å². The Hall–Kier alpha value is -2.71. The number of rotatable bonds is 2. The van der Waals surface area contributed by atoms with Crippen molar-refractivity contribution in [1.29, 1.82) is 0 Å². The Morgan fingerprint density at radius 2 is 2.05 bits per heavy atom. The minimum absolute atomic E-state index is 0.0869. The van der Waals surface area contributed by atoms with Gasteiger partial charge in [0.2, 0.25) is 5.82 Å². The zero-order valence-electron chi connectivity index (χ0n) is 10.1. The monoisotopic (exact) mass is 286 g/mol. The molecular weight excluding hydrogens is 277 g/mol. The molecule has 0 aliphatic rings. The molecule has 5 N–H and O–H groups in total. The standard InChI is InChI=1S/C11H9F3N4O2/c1-3-8(15)10(18-17-3)16-11(20)4-2-5(12)7(14)9(19)6(4)13/h2,19H,15H2,1H3,(H2,16,17,18,20). The van der Waals surface area contributed by atoms with E-state index in [0.717, 1.165) is 0 Å². The maximum atomic E-state index is 13.5. The third-order valence-electron chi connectivity index (χ3n) is 2.60. The zero-order chi connectivity index (χ0) is 15.0. The lowest BCUT2D eigenvalue weighted by molar-refractivity contribution is 0.102. The third kappa shape index (κ3) is 2.13. The van der Waals surface area contributed by atoms with Gasteiger partial charge < -0.3 is 16.2 Å². The Morgan fingerprint density at radius 3 is 2.60 bits per heavy atom. The normalized spacial score (nSPS) is 10.6.